The number of alkyl halides is 3. The number of rotatable bonds is 4. The van der Waals surface area contributed by atoms with E-state index < -0.39 is 17.3 Å². The highest BCUT2D eigenvalue weighted by Crippen LogP contribution is 2.44. The van der Waals surface area contributed by atoms with Crippen LogP contribution in [0.25, 0.3) is 0 Å². The van der Waals surface area contributed by atoms with E-state index in [4.69, 9.17) is 0 Å². The van der Waals surface area contributed by atoms with Crippen LogP contribution < -0.4 is 0 Å². The van der Waals surface area contributed by atoms with Crippen molar-refractivity contribution < 1.29 is 18.0 Å². The predicted octanol–water partition coefficient (Wildman–Crippen LogP) is 4.93. The third kappa shape index (κ3) is 3.90. The molecule has 1 saturated heterocycles. The molecule has 0 N–H and O–H groups in total. The van der Waals surface area contributed by atoms with Gasteiger partial charge in [0.15, 0.2) is 0 Å². The Hall–Kier alpha value is -2.34. The van der Waals surface area contributed by atoms with Gasteiger partial charge in [0.25, 0.3) is 5.91 Å². The Morgan fingerprint density at radius 3 is 2.28 bits per heavy atom. The molecule has 1 unspecified atom stereocenters. The van der Waals surface area contributed by atoms with Crippen LogP contribution in [0.2, 0.25) is 0 Å². The summed E-state index contributed by atoms with van der Waals surface area (Å²) in [5.74, 6) is -0.180. The highest BCUT2D eigenvalue weighted by Gasteiger charge is 2.49. The fourth-order valence-electron chi connectivity index (χ4n) is 4.55. The number of hydrogen-bond acceptors (Lipinski definition) is 2. The fourth-order valence-corrected chi connectivity index (χ4v) is 4.55. The van der Waals surface area contributed by atoms with Crippen LogP contribution >= 0.6 is 0 Å². The molecule has 1 atom stereocenters. The molecule has 4 rings (SSSR count). The molecule has 1 heterocycles. The molecule has 154 valence electrons. The topological polar surface area (TPSA) is 23.6 Å². The summed E-state index contributed by atoms with van der Waals surface area (Å²) in [6.45, 7) is 1.70. The lowest BCUT2D eigenvalue weighted by Gasteiger charge is -2.50. The monoisotopic (exact) mass is 402 g/mol. The van der Waals surface area contributed by atoms with E-state index in [-0.39, 0.29) is 11.9 Å². The minimum Gasteiger partial charge on any atom is -0.325 e. The van der Waals surface area contributed by atoms with Gasteiger partial charge in [-0.1, -0.05) is 30.3 Å². The van der Waals surface area contributed by atoms with Crippen LogP contribution in [0.15, 0.2) is 54.6 Å². The van der Waals surface area contributed by atoms with Crippen molar-refractivity contribution in [2.45, 2.75) is 43.4 Å². The average Bonchev–Trinajstić information content (AvgIpc) is 3.53. The fraction of sp³-hybridized carbons (Fsp3) is 0.435. The molecule has 2 aromatic rings. The molecule has 0 spiro atoms. The van der Waals surface area contributed by atoms with E-state index in [0.717, 1.165) is 56.5 Å². The molecule has 0 bridgehead atoms. The molecule has 1 saturated carbocycles. The molecule has 1 amide bonds. The van der Waals surface area contributed by atoms with Gasteiger partial charge in [-0.15, -0.1) is 0 Å². The van der Waals surface area contributed by atoms with Gasteiger partial charge >= 0.3 is 6.18 Å². The molecule has 0 radical (unpaired) electrons. The zero-order valence-corrected chi connectivity index (χ0v) is 16.5. The molecule has 29 heavy (non-hydrogen) atoms. The van der Waals surface area contributed by atoms with E-state index in [0.29, 0.717) is 5.56 Å². The van der Waals surface area contributed by atoms with Crippen molar-refractivity contribution in [3.63, 3.8) is 0 Å². The van der Waals surface area contributed by atoms with E-state index in [9.17, 15) is 18.0 Å². The SMILES string of the molecule is CN1CCCC(c2ccccc2)(N(C(=O)c2ccc(C(F)(F)F)cc2)C2CC2)C1. The Labute approximate surface area is 169 Å². The first-order chi connectivity index (χ1) is 13.8. The Kier molecular flexibility index (Phi) is 5.15. The third-order valence-corrected chi connectivity index (χ3v) is 6.02. The van der Waals surface area contributed by atoms with Crippen LogP contribution in [0.5, 0.6) is 0 Å². The smallest absolute Gasteiger partial charge is 0.325 e. The van der Waals surface area contributed by atoms with Crippen LogP contribution in [0.4, 0.5) is 13.2 Å². The van der Waals surface area contributed by atoms with Gasteiger partial charge < -0.3 is 9.80 Å². The standard InChI is InChI=1S/C23H25F3N2O/c1-27-15-5-14-22(16-27,18-6-3-2-4-7-18)28(20-12-13-20)21(29)17-8-10-19(11-9-17)23(24,25)26/h2-4,6-11,20H,5,12-16H2,1H3. The summed E-state index contributed by atoms with van der Waals surface area (Å²) >= 11 is 0. The van der Waals surface area contributed by atoms with Crippen molar-refractivity contribution in [1.29, 1.82) is 0 Å². The van der Waals surface area contributed by atoms with Gasteiger partial charge in [0.2, 0.25) is 0 Å². The maximum atomic E-state index is 13.6. The van der Waals surface area contributed by atoms with Crippen molar-refractivity contribution in [3.8, 4) is 0 Å². The van der Waals surface area contributed by atoms with Crippen molar-refractivity contribution >= 4 is 5.91 Å². The molecule has 0 aromatic heterocycles. The molecule has 3 nitrogen and oxygen atoms in total. The lowest BCUT2D eigenvalue weighted by atomic mass is 9.80. The number of hydrogen-bond donors (Lipinski definition) is 0. The number of halogens is 3. The van der Waals surface area contributed by atoms with Crippen LogP contribution in [0.3, 0.4) is 0 Å². The van der Waals surface area contributed by atoms with Gasteiger partial charge in [0.05, 0.1) is 11.1 Å². The number of carbonyl (C=O) groups is 1. The van der Waals surface area contributed by atoms with Crippen LogP contribution in [0.1, 0.15) is 47.2 Å². The summed E-state index contributed by atoms with van der Waals surface area (Å²) in [5.41, 5.74) is 0.212. The quantitative estimate of drug-likeness (QED) is 0.724. The number of likely N-dealkylation sites (N-methyl/N-ethyl adjacent to an activating group) is 1. The lowest BCUT2D eigenvalue weighted by Crippen LogP contribution is -2.58. The summed E-state index contributed by atoms with van der Waals surface area (Å²) in [6, 6.07) is 14.8. The summed E-state index contributed by atoms with van der Waals surface area (Å²) in [5, 5.41) is 0. The summed E-state index contributed by atoms with van der Waals surface area (Å²) in [7, 11) is 2.06. The van der Waals surface area contributed by atoms with Gasteiger partial charge in [0, 0.05) is 18.2 Å². The third-order valence-electron chi connectivity index (χ3n) is 6.02. The van der Waals surface area contributed by atoms with Crippen LogP contribution in [-0.2, 0) is 11.7 Å². The minimum absolute atomic E-state index is 0.136. The second kappa shape index (κ2) is 7.48. The highest BCUT2D eigenvalue weighted by molar-refractivity contribution is 5.95. The van der Waals surface area contributed by atoms with E-state index in [2.05, 4.69) is 24.1 Å². The minimum atomic E-state index is -4.41. The Morgan fingerprint density at radius 1 is 1.07 bits per heavy atom. The maximum absolute atomic E-state index is 13.6. The zero-order valence-electron chi connectivity index (χ0n) is 16.5. The van der Waals surface area contributed by atoms with Crippen molar-refractivity contribution in [3.05, 3.63) is 71.3 Å². The molecule has 2 fully saturated rings. The Bertz CT molecular complexity index is 862. The van der Waals surface area contributed by atoms with Gasteiger partial charge in [-0.3, -0.25) is 4.79 Å². The summed E-state index contributed by atoms with van der Waals surface area (Å²) in [4.78, 5) is 17.8. The molecule has 2 aromatic carbocycles. The van der Waals surface area contributed by atoms with E-state index in [1.54, 1.807) is 0 Å². The summed E-state index contributed by atoms with van der Waals surface area (Å²) in [6.07, 6.45) is -0.719. The first-order valence-corrected chi connectivity index (χ1v) is 10.1. The predicted molar refractivity (Wildman–Crippen MR) is 105 cm³/mol. The second-order valence-electron chi connectivity index (χ2n) is 8.22. The number of piperidine rings is 1. The van der Waals surface area contributed by atoms with E-state index in [1.807, 2.05) is 23.1 Å². The van der Waals surface area contributed by atoms with Crippen LogP contribution in [-0.4, -0.2) is 41.9 Å². The number of nitrogens with zero attached hydrogens (tertiary/aromatic N) is 2. The molecule has 6 heteroatoms. The zero-order chi connectivity index (χ0) is 20.6. The van der Waals surface area contributed by atoms with E-state index in [1.165, 1.54) is 12.1 Å². The lowest BCUT2D eigenvalue weighted by molar-refractivity contribution is -0.137. The first kappa shape index (κ1) is 20.0. The first-order valence-electron chi connectivity index (χ1n) is 10.1. The summed E-state index contributed by atoms with van der Waals surface area (Å²) < 4.78 is 38.8. The average molecular weight is 402 g/mol. The second-order valence-corrected chi connectivity index (χ2v) is 8.22. The number of carbonyl (C=O) groups excluding carboxylic acids is 1. The van der Waals surface area contributed by atoms with Gasteiger partial charge in [-0.25, -0.2) is 0 Å². The number of likely N-dealkylation sites (tertiary alicyclic amines) is 1. The largest absolute Gasteiger partial charge is 0.416 e. The van der Waals surface area contributed by atoms with Crippen molar-refractivity contribution in [1.82, 2.24) is 9.80 Å². The highest BCUT2D eigenvalue weighted by atomic mass is 19.4. The number of benzene rings is 2. The Balaban J connectivity index is 1.74. The molecular weight excluding hydrogens is 377 g/mol. The van der Waals surface area contributed by atoms with E-state index >= 15 is 0 Å². The molecular formula is C23H25F3N2O. The van der Waals surface area contributed by atoms with Gasteiger partial charge in [-0.05, 0) is 69.1 Å². The molecule has 2 aliphatic rings. The Morgan fingerprint density at radius 2 is 1.72 bits per heavy atom. The number of amides is 1. The van der Waals surface area contributed by atoms with Gasteiger partial charge in [0.1, 0.15) is 0 Å². The molecule has 1 aliphatic heterocycles. The molecule has 1 aliphatic carbocycles. The van der Waals surface area contributed by atoms with Crippen molar-refractivity contribution in [2.24, 2.45) is 0 Å². The van der Waals surface area contributed by atoms with Gasteiger partial charge in [-0.2, -0.15) is 13.2 Å². The maximum Gasteiger partial charge on any atom is 0.416 e. The normalized spacial score (nSPS) is 23.0. The van der Waals surface area contributed by atoms with Crippen molar-refractivity contribution in [2.75, 3.05) is 20.1 Å². The van der Waals surface area contributed by atoms with Crippen LogP contribution in [0, 0.1) is 0 Å².